The number of carbonyl (C=O) groups excluding carboxylic acids is 1. The number of rotatable bonds is 11. The maximum absolute atomic E-state index is 14.2. The van der Waals surface area contributed by atoms with Crippen LogP contribution in [-0.4, -0.2) is 33.2 Å². The van der Waals surface area contributed by atoms with Crippen molar-refractivity contribution in [2.75, 3.05) is 6.61 Å². The number of carbonyl (C=O) groups is 1. The SMILES string of the molecule is CC(C)C[C@H](N)COc1ccc2c3ccncc3c(=O)n(Cc3ccccc3)c2c1.O=C(OCc1ccccc1)c1cnccc1-c1ccc(Cl)cc1F. The molecule has 0 aliphatic carbocycles. The van der Waals surface area contributed by atoms with E-state index in [-0.39, 0.29) is 29.3 Å². The minimum absolute atomic E-state index is 0.0186. The molecule has 0 fully saturated rings. The van der Waals surface area contributed by atoms with Crippen molar-refractivity contribution in [2.24, 2.45) is 11.7 Å². The van der Waals surface area contributed by atoms with Gasteiger partial charge in [0.2, 0.25) is 0 Å². The average molecular weight is 743 g/mol. The molecule has 0 saturated carbocycles. The van der Waals surface area contributed by atoms with Gasteiger partial charge >= 0.3 is 5.97 Å². The zero-order chi connectivity index (χ0) is 38.0. The van der Waals surface area contributed by atoms with Crippen LogP contribution in [0.5, 0.6) is 5.75 Å². The summed E-state index contributed by atoms with van der Waals surface area (Å²) < 4.78 is 27.3. The van der Waals surface area contributed by atoms with Crippen molar-refractivity contribution in [2.45, 2.75) is 39.5 Å². The molecule has 0 amide bonds. The Morgan fingerprint density at radius 1 is 0.815 bits per heavy atom. The number of halogens is 2. The highest BCUT2D eigenvalue weighted by Crippen LogP contribution is 2.29. The molecular weight excluding hydrogens is 703 g/mol. The number of nitrogens with zero attached hydrogens (tertiary/aromatic N) is 3. The first-order valence-corrected chi connectivity index (χ1v) is 18.0. The van der Waals surface area contributed by atoms with Gasteiger partial charge in [-0.1, -0.05) is 86.1 Å². The van der Waals surface area contributed by atoms with Gasteiger partial charge in [-0.15, -0.1) is 0 Å². The number of ether oxygens (including phenoxy) is 2. The maximum atomic E-state index is 14.2. The van der Waals surface area contributed by atoms with Gasteiger partial charge in [-0.2, -0.15) is 0 Å². The van der Waals surface area contributed by atoms with Crippen molar-refractivity contribution in [1.29, 1.82) is 0 Å². The van der Waals surface area contributed by atoms with Crippen molar-refractivity contribution in [3.05, 3.63) is 172 Å². The van der Waals surface area contributed by atoms with E-state index in [1.165, 1.54) is 24.5 Å². The molecule has 0 radical (unpaired) electrons. The smallest absolute Gasteiger partial charge is 0.340 e. The van der Waals surface area contributed by atoms with Gasteiger partial charge in [0.15, 0.2) is 0 Å². The third-order valence-electron chi connectivity index (χ3n) is 8.74. The van der Waals surface area contributed by atoms with Crippen LogP contribution in [0.15, 0.2) is 139 Å². The molecule has 3 heterocycles. The quantitative estimate of drug-likeness (QED) is 0.104. The Morgan fingerprint density at radius 2 is 1.52 bits per heavy atom. The summed E-state index contributed by atoms with van der Waals surface area (Å²) in [4.78, 5) is 33.8. The number of aromatic nitrogens is 3. The molecular formula is C44H40ClFN4O4. The lowest BCUT2D eigenvalue weighted by Crippen LogP contribution is -2.29. The summed E-state index contributed by atoms with van der Waals surface area (Å²) in [5.41, 5.74) is 9.79. The number of hydrogen-bond acceptors (Lipinski definition) is 7. The summed E-state index contributed by atoms with van der Waals surface area (Å²) >= 11 is 5.78. The zero-order valence-corrected chi connectivity index (χ0v) is 30.7. The number of fused-ring (bicyclic) bond motifs is 3. The summed E-state index contributed by atoms with van der Waals surface area (Å²) in [6, 6.07) is 33.0. The summed E-state index contributed by atoms with van der Waals surface area (Å²) in [5.74, 6) is 0.176. The van der Waals surface area contributed by atoms with Gasteiger partial charge in [-0.25, -0.2) is 9.18 Å². The topological polar surface area (TPSA) is 109 Å². The third-order valence-corrected chi connectivity index (χ3v) is 8.98. The van der Waals surface area contributed by atoms with Gasteiger partial charge < -0.3 is 19.8 Å². The molecule has 0 spiro atoms. The van der Waals surface area contributed by atoms with E-state index in [0.29, 0.717) is 35.0 Å². The first-order valence-electron chi connectivity index (χ1n) is 17.6. The van der Waals surface area contributed by atoms with Crippen molar-refractivity contribution >= 4 is 39.2 Å². The molecule has 4 aromatic carbocycles. The largest absolute Gasteiger partial charge is 0.492 e. The van der Waals surface area contributed by atoms with Gasteiger partial charge in [0, 0.05) is 58.4 Å². The van der Waals surface area contributed by atoms with Crippen LogP contribution in [0.2, 0.25) is 5.02 Å². The van der Waals surface area contributed by atoms with Crippen molar-refractivity contribution in [1.82, 2.24) is 14.5 Å². The lowest BCUT2D eigenvalue weighted by atomic mass is 10.0. The van der Waals surface area contributed by atoms with E-state index >= 15 is 0 Å². The second-order valence-corrected chi connectivity index (χ2v) is 13.7. The summed E-state index contributed by atoms with van der Waals surface area (Å²) in [6.07, 6.45) is 7.14. The molecule has 274 valence electrons. The third kappa shape index (κ3) is 9.36. The van der Waals surface area contributed by atoms with Gasteiger partial charge in [0.25, 0.3) is 5.56 Å². The maximum Gasteiger partial charge on any atom is 0.340 e. The van der Waals surface area contributed by atoms with E-state index in [9.17, 15) is 14.0 Å². The van der Waals surface area contributed by atoms with Crippen LogP contribution in [-0.2, 0) is 17.9 Å². The fourth-order valence-corrected chi connectivity index (χ4v) is 6.37. The fraction of sp³-hybridized carbons (Fsp3) is 0.182. The number of pyridine rings is 3. The van der Waals surface area contributed by atoms with Crippen molar-refractivity contribution in [3.8, 4) is 16.9 Å². The average Bonchev–Trinajstić information content (AvgIpc) is 3.18. The molecule has 2 N–H and O–H groups in total. The Balaban J connectivity index is 0.000000189. The molecule has 3 aromatic heterocycles. The second kappa shape index (κ2) is 17.7. The number of esters is 1. The Kier molecular flexibility index (Phi) is 12.4. The van der Waals surface area contributed by atoms with E-state index in [4.69, 9.17) is 26.8 Å². The molecule has 0 bridgehead atoms. The van der Waals surface area contributed by atoms with E-state index < -0.39 is 11.8 Å². The molecule has 0 saturated heterocycles. The molecule has 7 aromatic rings. The summed E-state index contributed by atoms with van der Waals surface area (Å²) in [6.45, 7) is 5.37. The van der Waals surface area contributed by atoms with Crippen LogP contribution < -0.4 is 16.0 Å². The summed E-state index contributed by atoms with van der Waals surface area (Å²) in [5, 5.41) is 2.81. The molecule has 0 aliphatic heterocycles. The normalized spacial score (nSPS) is 11.6. The van der Waals surface area contributed by atoms with Gasteiger partial charge in [-0.3, -0.25) is 14.8 Å². The highest BCUT2D eigenvalue weighted by Gasteiger charge is 2.18. The van der Waals surface area contributed by atoms with E-state index in [1.54, 1.807) is 29.1 Å². The minimum atomic E-state index is -0.559. The van der Waals surface area contributed by atoms with E-state index in [2.05, 4.69) is 23.8 Å². The molecule has 1 atom stereocenters. The van der Waals surface area contributed by atoms with Crippen LogP contribution in [0, 0.1) is 11.7 Å². The molecule has 10 heteroatoms. The Labute approximate surface area is 318 Å². The molecule has 7 rings (SSSR count). The summed E-state index contributed by atoms with van der Waals surface area (Å²) in [7, 11) is 0. The van der Waals surface area contributed by atoms with Crippen molar-refractivity contribution in [3.63, 3.8) is 0 Å². The minimum Gasteiger partial charge on any atom is -0.492 e. The van der Waals surface area contributed by atoms with E-state index in [1.807, 2.05) is 84.9 Å². The lowest BCUT2D eigenvalue weighted by molar-refractivity contribution is 0.0473. The first-order chi connectivity index (χ1) is 26.2. The van der Waals surface area contributed by atoms with E-state index in [0.717, 1.165) is 39.6 Å². The van der Waals surface area contributed by atoms with Gasteiger partial charge in [0.1, 0.15) is 24.8 Å². The Bertz CT molecular complexity index is 2420. The fourth-order valence-electron chi connectivity index (χ4n) is 6.21. The monoisotopic (exact) mass is 742 g/mol. The molecule has 0 aliphatic rings. The second-order valence-electron chi connectivity index (χ2n) is 13.3. The Morgan fingerprint density at radius 3 is 2.24 bits per heavy atom. The van der Waals surface area contributed by atoms with Crippen LogP contribution in [0.25, 0.3) is 32.8 Å². The molecule has 54 heavy (non-hydrogen) atoms. The molecule has 0 unspecified atom stereocenters. The van der Waals surface area contributed by atoms with Crippen LogP contribution in [0.3, 0.4) is 0 Å². The number of hydrogen-bond donors (Lipinski definition) is 1. The van der Waals surface area contributed by atoms with Crippen molar-refractivity contribution < 1.29 is 18.7 Å². The standard InChI is InChI=1S/C25H27N3O2.C19H13ClFNO2/c1-17(2)12-19(26)16-30-20-8-9-22-21-10-11-27-14-23(21)25(29)28(24(22)13-20)15-18-6-4-3-5-7-18;20-14-6-7-16(18(21)10-14)15-8-9-22-11-17(15)19(23)24-12-13-4-2-1-3-5-13/h3-11,13-14,17,19H,12,15-16,26H2,1-2H3;1-11H,12H2/t19-;/m0./s1. The first kappa shape index (κ1) is 37.8. The predicted octanol–water partition coefficient (Wildman–Crippen LogP) is 9.25. The Hall–Kier alpha value is -5.90. The molecule has 8 nitrogen and oxygen atoms in total. The highest BCUT2D eigenvalue weighted by molar-refractivity contribution is 6.30. The number of nitrogens with two attached hydrogens (primary N) is 1. The van der Waals surface area contributed by atoms with Crippen LogP contribution in [0.1, 0.15) is 41.8 Å². The zero-order valence-electron chi connectivity index (χ0n) is 30.0. The van der Waals surface area contributed by atoms with Gasteiger partial charge in [-0.05, 0) is 71.3 Å². The van der Waals surface area contributed by atoms with Crippen LogP contribution in [0.4, 0.5) is 4.39 Å². The predicted molar refractivity (Wildman–Crippen MR) is 212 cm³/mol. The van der Waals surface area contributed by atoms with Crippen LogP contribution >= 0.6 is 11.6 Å². The van der Waals surface area contributed by atoms with Gasteiger partial charge in [0.05, 0.1) is 23.0 Å². The number of benzene rings is 4. The lowest BCUT2D eigenvalue weighted by Gasteiger charge is -2.17. The highest BCUT2D eigenvalue weighted by atomic mass is 35.5.